The maximum Gasteiger partial charge on any atom is 0.270 e. The van der Waals surface area contributed by atoms with Gasteiger partial charge < -0.3 is 5.73 Å². The van der Waals surface area contributed by atoms with Crippen molar-refractivity contribution >= 4 is 38.9 Å². The molecule has 1 amide bonds. The number of carbonyl (C=O) groups is 1. The van der Waals surface area contributed by atoms with Gasteiger partial charge in [0.05, 0.1) is 21.1 Å². The first-order valence-electron chi connectivity index (χ1n) is 6.07. The number of nitrogens with two attached hydrogens (primary N) is 1. The number of rotatable bonds is 5. The molecule has 120 valence electrons. The molecule has 8 nitrogen and oxygen atoms in total. The molecule has 0 spiro atoms. The Morgan fingerprint density at radius 3 is 2.52 bits per heavy atom. The fourth-order valence-electron chi connectivity index (χ4n) is 1.78. The van der Waals surface area contributed by atoms with Gasteiger partial charge in [0.1, 0.15) is 0 Å². The first kappa shape index (κ1) is 16.7. The van der Waals surface area contributed by atoms with Crippen LogP contribution in [0.1, 0.15) is 10.4 Å². The van der Waals surface area contributed by atoms with E-state index in [-0.39, 0.29) is 26.9 Å². The fraction of sp³-hybridized carbons (Fsp3) is 0. The summed E-state index contributed by atoms with van der Waals surface area (Å²) in [6.45, 7) is 0. The van der Waals surface area contributed by atoms with Gasteiger partial charge in [-0.2, -0.15) is 0 Å². The van der Waals surface area contributed by atoms with Gasteiger partial charge in [-0.25, -0.2) is 8.42 Å². The van der Waals surface area contributed by atoms with Crippen LogP contribution in [-0.4, -0.2) is 19.2 Å². The lowest BCUT2D eigenvalue weighted by Gasteiger charge is -2.11. The van der Waals surface area contributed by atoms with Gasteiger partial charge in [-0.05, 0) is 24.3 Å². The van der Waals surface area contributed by atoms with E-state index in [1.807, 2.05) is 0 Å². The van der Waals surface area contributed by atoms with Crippen molar-refractivity contribution in [3.8, 4) is 0 Å². The molecule has 0 heterocycles. The normalized spacial score (nSPS) is 11.0. The molecule has 0 aliphatic rings. The molecule has 10 heteroatoms. The van der Waals surface area contributed by atoms with Crippen LogP contribution in [-0.2, 0) is 10.0 Å². The van der Waals surface area contributed by atoms with Gasteiger partial charge in [0.2, 0.25) is 0 Å². The Labute approximate surface area is 136 Å². The number of nitrogens with one attached hydrogen (secondary N) is 1. The smallest absolute Gasteiger partial charge is 0.270 e. The number of nitrogens with zero attached hydrogens (tertiary/aromatic N) is 1. The van der Waals surface area contributed by atoms with Crippen molar-refractivity contribution in [1.82, 2.24) is 0 Å². The van der Waals surface area contributed by atoms with Crippen LogP contribution in [0.3, 0.4) is 0 Å². The summed E-state index contributed by atoms with van der Waals surface area (Å²) in [5.74, 6) is -0.871. The van der Waals surface area contributed by atoms with Crippen molar-refractivity contribution in [2.24, 2.45) is 5.73 Å². The van der Waals surface area contributed by atoms with Crippen molar-refractivity contribution < 1.29 is 18.1 Å². The number of carbonyl (C=O) groups excluding carboxylic acids is 1. The zero-order chi connectivity index (χ0) is 17.2. The number of sulfonamides is 1. The average Bonchev–Trinajstić information content (AvgIpc) is 2.48. The van der Waals surface area contributed by atoms with E-state index < -0.39 is 20.9 Å². The Morgan fingerprint density at radius 1 is 1.22 bits per heavy atom. The van der Waals surface area contributed by atoms with Gasteiger partial charge in [-0.15, -0.1) is 0 Å². The minimum absolute atomic E-state index is 0.0755. The monoisotopic (exact) mass is 355 g/mol. The first-order valence-corrected chi connectivity index (χ1v) is 7.93. The number of hydrogen-bond acceptors (Lipinski definition) is 5. The quantitative estimate of drug-likeness (QED) is 0.626. The SMILES string of the molecule is NC(=O)c1cc(Cl)ccc1NS(=O)(=O)c1cccc([N+](=O)[O-])c1. The van der Waals surface area contributed by atoms with Gasteiger partial charge >= 0.3 is 0 Å². The van der Waals surface area contributed by atoms with E-state index >= 15 is 0 Å². The van der Waals surface area contributed by atoms with E-state index in [0.29, 0.717) is 0 Å². The molecule has 2 aromatic rings. The number of nitro benzene ring substituents is 1. The summed E-state index contributed by atoms with van der Waals surface area (Å²) >= 11 is 5.74. The number of amides is 1. The van der Waals surface area contributed by atoms with Gasteiger partial charge in [0.15, 0.2) is 0 Å². The van der Waals surface area contributed by atoms with E-state index in [9.17, 15) is 23.3 Å². The fourth-order valence-corrected chi connectivity index (χ4v) is 3.07. The van der Waals surface area contributed by atoms with Crippen LogP contribution in [0.25, 0.3) is 0 Å². The van der Waals surface area contributed by atoms with Crippen LogP contribution in [0.15, 0.2) is 47.4 Å². The van der Waals surface area contributed by atoms with Crippen molar-refractivity contribution in [2.75, 3.05) is 4.72 Å². The molecule has 0 saturated carbocycles. The third-order valence-electron chi connectivity index (χ3n) is 2.83. The molecule has 0 aliphatic heterocycles. The number of hydrogen-bond donors (Lipinski definition) is 2. The number of nitro groups is 1. The highest BCUT2D eigenvalue weighted by Gasteiger charge is 2.20. The molecule has 2 aromatic carbocycles. The molecular weight excluding hydrogens is 346 g/mol. The van der Waals surface area contributed by atoms with Crippen molar-refractivity contribution in [1.29, 1.82) is 0 Å². The van der Waals surface area contributed by atoms with E-state index in [2.05, 4.69) is 4.72 Å². The molecule has 0 fully saturated rings. The lowest BCUT2D eigenvalue weighted by atomic mass is 10.2. The third kappa shape index (κ3) is 3.76. The van der Waals surface area contributed by atoms with Crippen molar-refractivity contribution in [3.05, 3.63) is 63.2 Å². The van der Waals surface area contributed by atoms with Crippen molar-refractivity contribution in [3.63, 3.8) is 0 Å². The molecular formula is C13H10ClN3O5S. The molecule has 0 aliphatic carbocycles. The van der Waals surface area contributed by atoms with Gasteiger partial charge in [-0.3, -0.25) is 19.6 Å². The molecule has 0 radical (unpaired) electrons. The zero-order valence-electron chi connectivity index (χ0n) is 11.4. The van der Waals surface area contributed by atoms with Gasteiger partial charge in [0, 0.05) is 17.2 Å². The highest BCUT2D eigenvalue weighted by atomic mass is 35.5. The van der Waals surface area contributed by atoms with Crippen LogP contribution in [0, 0.1) is 10.1 Å². The summed E-state index contributed by atoms with van der Waals surface area (Å²) in [5, 5.41) is 10.9. The molecule has 0 aromatic heterocycles. The Kier molecular flexibility index (Phi) is 4.52. The maximum atomic E-state index is 12.3. The maximum absolute atomic E-state index is 12.3. The topological polar surface area (TPSA) is 132 Å². The molecule has 2 rings (SSSR count). The Bertz CT molecular complexity index is 898. The second-order valence-corrected chi connectivity index (χ2v) is 6.53. The predicted octanol–water partition coefficient (Wildman–Crippen LogP) is 2.15. The number of non-ortho nitro benzene ring substituents is 1. The van der Waals surface area contributed by atoms with Crippen LogP contribution >= 0.6 is 11.6 Å². The van der Waals surface area contributed by atoms with E-state index in [1.165, 1.54) is 30.3 Å². The summed E-state index contributed by atoms with van der Waals surface area (Å²) in [6.07, 6.45) is 0. The summed E-state index contributed by atoms with van der Waals surface area (Å²) < 4.78 is 26.8. The summed E-state index contributed by atoms with van der Waals surface area (Å²) in [5.41, 5.74) is 4.61. The van der Waals surface area contributed by atoms with Crippen LogP contribution < -0.4 is 10.5 Å². The average molecular weight is 356 g/mol. The predicted molar refractivity (Wildman–Crippen MR) is 83.9 cm³/mol. The lowest BCUT2D eigenvalue weighted by Crippen LogP contribution is -2.18. The van der Waals surface area contributed by atoms with Crippen LogP contribution in [0.5, 0.6) is 0 Å². The first-order chi connectivity index (χ1) is 10.7. The minimum atomic E-state index is -4.14. The molecule has 3 N–H and O–H groups in total. The molecule has 23 heavy (non-hydrogen) atoms. The lowest BCUT2D eigenvalue weighted by molar-refractivity contribution is -0.385. The molecule has 0 atom stereocenters. The summed E-state index contributed by atoms with van der Waals surface area (Å²) in [7, 11) is -4.14. The molecule has 0 bridgehead atoms. The van der Waals surface area contributed by atoms with Gasteiger partial charge in [0.25, 0.3) is 21.6 Å². The van der Waals surface area contributed by atoms with E-state index in [0.717, 1.165) is 12.1 Å². The number of benzene rings is 2. The number of anilines is 1. The standard InChI is InChI=1S/C13H10ClN3O5S/c14-8-4-5-12(11(6-8)13(15)18)16-23(21,22)10-3-1-2-9(7-10)17(19)20/h1-7,16H,(H2,15,18). The summed E-state index contributed by atoms with van der Waals surface area (Å²) in [6, 6.07) is 8.36. The molecule has 0 saturated heterocycles. The van der Waals surface area contributed by atoms with Crippen LogP contribution in [0.4, 0.5) is 11.4 Å². The third-order valence-corrected chi connectivity index (χ3v) is 4.43. The Balaban J connectivity index is 2.45. The Morgan fingerprint density at radius 2 is 1.91 bits per heavy atom. The minimum Gasteiger partial charge on any atom is -0.366 e. The Hall–Kier alpha value is -2.65. The van der Waals surface area contributed by atoms with E-state index in [4.69, 9.17) is 17.3 Å². The molecule has 0 unspecified atom stereocenters. The highest BCUT2D eigenvalue weighted by molar-refractivity contribution is 7.92. The second kappa shape index (κ2) is 6.23. The van der Waals surface area contributed by atoms with Crippen molar-refractivity contribution in [2.45, 2.75) is 4.90 Å². The van der Waals surface area contributed by atoms with Crippen LogP contribution in [0.2, 0.25) is 5.02 Å². The largest absolute Gasteiger partial charge is 0.366 e. The van der Waals surface area contributed by atoms with Gasteiger partial charge in [-0.1, -0.05) is 17.7 Å². The number of primary amides is 1. The summed E-state index contributed by atoms with van der Waals surface area (Å²) in [4.78, 5) is 21.1. The zero-order valence-corrected chi connectivity index (χ0v) is 13.0. The second-order valence-electron chi connectivity index (χ2n) is 4.41. The van der Waals surface area contributed by atoms with E-state index in [1.54, 1.807) is 0 Å². The highest BCUT2D eigenvalue weighted by Crippen LogP contribution is 2.24. The number of halogens is 1.